The van der Waals surface area contributed by atoms with Crippen LogP contribution >= 0.6 is 11.6 Å². The van der Waals surface area contributed by atoms with Crippen molar-refractivity contribution in [2.45, 2.75) is 6.92 Å². The fraction of sp³-hybridized carbons (Fsp3) is 0.188. The molecule has 0 spiro atoms. The minimum absolute atomic E-state index is 0.576. The number of benzene rings is 2. The van der Waals surface area contributed by atoms with Crippen LogP contribution in [0.15, 0.2) is 36.4 Å². The summed E-state index contributed by atoms with van der Waals surface area (Å²) in [7, 11) is 1.64. The Bertz CT molecular complexity index is 783. The molecule has 4 nitrogen and oxygen atoms in total. The quantitative estimate of drug-likeness (QED) is 0.782. The van der Waals surface area contributed by atoms with Crippen molar-refractivity contribution in [1.82, 2.24) is 9.97 Å². The number of fused-ring (bicyclic) bond motifs is 1. The standard InChI is InChI=1S/C16H15ClN2O2/c1-3-21-15-7-4-10(8-12(15)17)16-18-13-6-5-11(20-2)9-14(13)19-16/h4-9H,3H2,1-2H3,(H,18,19). The molecule has 3 rings (SSSR count). The number of rotatable bonds is 4. The van der Waals surface area contributed by atoms with Gasteiger partial charge >= 0.3 is 0 Å². The summed E-state index contributed by atoms with van der Waals surface area (Å²) in [6.45, 7) is 2.51. The monoisotopic (exact) mass is 302 g/mol. The van der Waals surface area contributed by atoms with Crippen LogP contribution in [0.25, 0.3) is 22.4 Å². The first-order valence-electron chi connectivity index (χ1n) is 6.67. The fourth-order valence-corrected chi connectivity index (χ4v) is 2.41. The lowest BCUT2D eigenvalue weighted by atomic mass is 10.2. The van der Waals surface area contributed by atoms with Gasteiger partial charge in [-0.1, -0.05) is 11.6 Å². The Balaban J connectivity index is 2.01. The molecule has 0 aliphatic carbocycles. The van der Waals surface area contributed by atoms with Gasteiger partial charge in [0.15, 0.2) is 0 Å². The van der Waals surface area contributed by atoms with E-state index < -0.39 is 0 Å². The van der Waals surface area contributed by atoms with Gasteiger partial charge in [0.05, 0.1) is 29.8 Å². The number of imidazole rings is 1. The first-order valence-corrected chi connectivity index (χ1v) is 7.05. The molecule has 0 atom stereocenters. The molecule has 0 saturated carbocycles. The maximum absolute atomic E-state index is 6.22. The van der Waals surface area contributed by atoms with Gasteiger partial charge in [0, 0.05) is 11.6 Å². The van der Waals surface area contributed by atoms with Gasteiger partial charge in [0.1, 0.15) is 17.3 Å². The Kier molecular flexibility index (Phi) is 3.71. The van der Waals surface area contributed by atoms with E-state index in [9.17, 15) is 0 Å². The highest BCUT2D eigenvalue weighted by atomic mass is 35.5. The predicted octanol–water partition coefficient (Wildman–Crippen LogP) is 4.29. The van der Waals surface area contributed by atoms with E-state index in [4.69, 9.17) is 21.1 Å². The number of hydrogen-bond acceptors (Lipinski definition) is 3. The predicted molar refractivity (Wildman–Crippen MR) is 84.3 cm³/mol. The Morgan fingerprint density at radius 1 is 1.19 bits per heavy atom. The van der Waals surface area contributed by atoms with Crippen molar-refractivity contribution in [3.05, 3.63) is 41.4 Å². The second-order valence-corrected chi connectivity index (χ2v) is 4.95. The molecule has 1 aromatic heterocycles. The van der Waals surface area contributed by atoms with Gasteiger partial charge in [-0.15, -0.1) is 0 Å². The zero-order valence-corrected chi connectivity index (χ0v) is 12.6. The van der Waals surface area contributed by atoms with Crippen molar-refractivity contribution in [3.8, 4) is 22.9 Å². The molecule has 0 aliphatic rings. The van der Waals surface area contributed by atoms with Crippen LogP contribution in [0.1, 0.15) is 6.92 Å². The molecule has 5 heteroatoms. The molecule has 0 amide bonds. The van der Waals surface area contributed by atoms with E-state index in [1.54, 1.807) is 7.11 Å². The summed E-state index contributed by atoms with van der Waals surface area (Å²) in [5.41, 5.74) is 2.73. The lowest BCUT2D eigenvalue weighted by Crippen LogP contribution is -1.92. The van der Waals surface area contributed by atoms with Crippen LogP contribution in [0.5, 0.6) is 11.5 Å². The molecule has 2 aromatic carbocycles. The third-order valence-corrected chi connectivity index (χ3v) is 3.49. The summed E-state index contributed by atoms with van der Waals surface area (Å²) in [5.74, 6) is 2.24. The molecule has 0 aliphatic heterocycles. The molecule has 3 aromatic rings. The summed E-state index contributed by atoms with van der Waals surface area (Å²) in [6.07, 6.45) is 0. The zero-order valence-electron chi connectivity index (χ0n) is 11.8. The maximum Gasteiger partial charge on any atom is 0.138 e. The van der Waals surface area contributed by atoms with Gasteiger partial charge < -0.3 is 14.5 Å². The number of methoxy groups -OCH3 is 1. The Hall–Kier alpha value is -2.20. The number of halogens is 1. The second-order valence-electron chi connectivity index (χ2n) is 4.55. The number of H-pyrrole nitrogens is 1. The van der Waals surface area contributed by atoms with Crippen LogP contribution < -0.4 is 9.47 Å². The van der Waals surface area contributed by atoms with E-state index in [0.29, 0.717) is 17.4 Å². The summed E-state index contributed by atoms with van der Waals surface area (Å²) in [6, 6.07) is 11.4. The molecule has 1 heterocycles. The van der Waals surface area contributed by atoms with E-state index in [0.717, 1.165) is 28.2 Å². The lowest BCUT2D eigenvalue weighted by Gasteiger charge is -2.06. The molecule has 0 fully saturated rings. The van der Waals surface area contributed by atoms with Crippen molar-refractivity contribution in [3.63, 3.8) is 0 Å². The lowest BCUT2D eigenvalue weighted by molar-refractivity contribution is 0.340. The molecule has 1 N–H and O–H groups in total. The molecule has 0 bridgehead atoms. The van der Waals surface area contributed by atoms with Gasteiger partial charge in [0.25, 0.3) is 0 Å². The highest BCUT2D eigenvalue weighted by molar-refractivity contribution is 6.32. The number of nitrogens with one attached hydrogen (secondary N) is 1. The van der Waals surface area contributed by atoms with E-state index in [1.807, 2.05) is 43.3 Å². The molecule has 0 saturated heterocycles. The van der Waals surface area contributed by atoms with Crippen LogP contribution in [0.3, 0.4) is 0 Å². The number of aromatic nitrogens is 2. The van der Waals surface area contributed by atoms with Crippen molar-refractivity contribution < 1.29 is 9.47 Å². The average Bonchev–Trinajstić information content (AvgIpc) is 2.92. The van der Waals surface area contributed by atoms with Crippen molar-refractivity contribution in [2.24, 2.45) is 0 Å². The Morgan fingerprint density at radius 2 is 2.05 bits per heavy atom. The van der Waals surface area contributed by atoms with Crippen molar-refractivity contribution in [2.75, 3.05) is 13.7 Å². The Morgan fingerprint density at radius 3 is 2.76 bits per heavy atom. The third-order valence-electron chi connectivity index (χ3n) is 3.19. The van der Waals surface area contributed by atoms with Gasteiger partial charge in [-0.05, 0) is 37.3 Å². The smallest absolute Gasteiger partial charge is 0.138 e. The Labute approximate surface area is 127 Å². The van der Waals surface area contributed by atoms with Gasteiger partial charge in [0.2, 0.25) is 0 Å². The number of aromatic amines is 1. The van der Waals surface area contributed by atoms with E-state index in [1.165, 1.54) is 0 Å². The maximum atomic E-state index is 6.22. The molecule has 0 unspecified atom stereocenters. The first kappa shape index (κ1) is 13.8. The summed E-state index contributed by atoms with van der Waals surface area (Å²) >= 11 is 6.22. The summed E-state index contributed by atoms with van der Waals surface area (Å²) in [4.78, 5) is 7.84. The highest BCUT2D eigenvalue weighted by Gasteiger charge is 2.09. The summed E-state index contributed by atoms with van der Waals surface area (Å²) in [5, 5.41) is 0.576. The van der Waals surface area contributed by atoms with Crippen LogP contribution in [-0.2, 0) is 0 Å². The largest absolute Gasteiger partial charge is 0.497 e. The number of hydrogen-bond donors (Lipinski definition) is 1. The van der Waals surface area contributed by atoms with Crippen LogP contribution in [-0.4, -0.2) is 23.7 Å². The van der Waals surface area contributed by atoms with E-state index in [-0.39, 0.29) is 0 Å². The van der Waals surface area contributed by atoms with Crippen molar-refractivity contribution in [1.29, 1.82) is 0 Å². The average molecular weight is 303 g/mol. The zero-order chi connectivity index (χ0) is 14.8. The molecule has 0 radical (unpaired) electrons. The number of nitrogens with zero attached hydrogens (tertiary/aromatic N) is 1. The van der Waals surface area contributed by atoms with Crippen molar-refractivity contribution >= 4 is 22.6 Å². The third kappa shape index (κ3) is 2.67. The first-order chi connectivity index (χ1) is 10.2. The van der Waals surface area contributed by atoms with E-state index >= 15 is 0 Å². The molecule has 21 heavy (non-hydrogen) atoms. The minimum Gasteiger partial charge on any atom is -0.497 e. The van der Waals surface area contributed by atoms with E-state index in [2.05, 4.69) is 9.97 Å². The molecular weight excluding hydrogens is 288 g/mol. The highest BCUT2D eigenvalue weighted by Crippen LogP contribution is 2.30. The van der Waals surface area contributed by atoms with Crippen LogP contribution in [0, 0.1) is 0 Å². The summed E-state index contributed by atoms with van der Waals surface area (Å²) < 4.78 is 10.7. The molecule has 108 valence electrons. The van der Waals surface area contributed by atoms with Crippen LogP contribution in [0.2, 0.25) is 5.02 Å². The SMILES string of the molecule is CCOc1ccc(-c2nc3ccc(OC)cc3[nH]2)cc1Cl. The van der Waals surface area contributed by atoms with Crippen LogP contribution in [0.4, 0.5) is 0 Å². The van der Waals surface area contributed by atoms with Gasteiger partial charge in [-0.25, -0.2) is 4.98 Å². The number of ether oxygens (including phenoxy) is 2. The van der Waals surface area contributed by atoms with Gasteiger partial charge in [-0.3, -0.25) is 0 Å². The fourth-order valence-electron chi connectivity index (χ4n) is 2.17. The topological polar surface area (TPSA) is 47.1 Å². The molecular formula is C16H15ClN2O2. The normalized spacial score (nSPS) is 10.8. The van der Waals surface area contributed by atoms with Gasteiger partial charge in [-0.2, -0.15) is 0 Å². The minimum atomic E-state index is 0.576. The second kappa shape index (κ2) is 5.66.